The van der Waals surface area contributed by atoms with Crippen LogP contribution in [0.3, 0.4) is 0 Å². The molecule has 1 aromatic rings. The van der Waals surface area contributed by atoms with E-state index < -0.39 is 6.10 Å². The van der Waals surface area contributed by atoms with Gasteiger partial charge >= 0.3 is 0 Å². The molecule has 1 atom stereocenters. The Kier molecular flexibility index (Phi) is 5.86. The Morgan fingerprint density at radius 1 is 1.22 bits per heavy atom. The van der Waals surface area contributed by atoms with Crippen molar-refractivity contribution in [2.24, 2.45) is 0 Å². The Bertz CT molecular complexity index is 369. The van der Waals surface area contributed by atoms with Crippen LogP contribution in [0.2, 0.25) is 0 Å². The molecular weight excluding hydrogens is 226 g/mol. The number of aliphatic hydroxyl groups excluding tert-OH is 1. The maximum absolute atomic E-state index is 11.5. The van der Waals surface area contributed by atoms with Crippen molar-refractivity contribution in [3.8, 4) is 0 Å². The highest BCUT2D eigenvalue weighted by atomic mass is 16.3. The average Bonchev–Trinajstić information content (AvgIpc) is 2.34. The summed E-state index contributed by atoms with van der Waals surface area (Å²) in [6, 6.07) is 8.40. The average molecular weight is 249 g/mol. The van der Waals surface area contributed by atoms with Gasteiger partial charge in [0.25, 0.3) is 0 Å². The van der Waals surface area contributed by atoms with Gasteiger partial charge in [0.05, 0.1) is 6.10 Å². The molecule has 3 nitrogen and oxygen atoms in total. The van der Waals surface area contributed by atoms with Gasteiger partial charge in [-0.1, -0.05) is 38.1 Å². The summed E-state index contributed by atoms with van der Waals surface area (Å²) in [7, 11) is 0. The summed E-state index contributed by atoms with van der Waals surface area (Å²) in [6.45, 7) is 6.31. The van der Waals surface area contributed by atoms with Gasteiger partial charge in [0, 0.05) is 13.0 Å². The molecule has 1 amide bonds. The van der Waals surface area contributed by atoms with Gasteiger partial charge in [-0.25, -0.2) is 0 Å². The monoisotopic (exact) mass is 249 g/mol. The Balaban J connectivity index is 2.37. The molecule has 18 heavy (non-hydrogen) atoms. The topological polar surface area (TPSA) is 49.3 Å². The molecule has 0 bridgehead atoms. The van der Waals surface area contributed by atoms with Crippen LogP contribution in [0.4, 0.5) is 0 Å². The zero-order valence-electron chi connectivity index (χ0n) is 11.4. The normalized spacial score (nSPS) is 12.5. The third-order valence-electron chi connectivity index (χ3n) is 2.88. The number of carbonyl (C=O) groups is 1. The largest absolute Gasteiger partial charge is 0.392 e. The summed E-state index contributed by atoms with van der Waals surface area (Å²) >= 11 is 0. The zero-order chi connectivity index (χ0) is 13.5. The van der Waals surface area contributed by atoms with Gasteiger partial charge in [-0.3, -0.25) is 4.79 Å². The number of carbonyl (C=O) groups excluding carboxylic acids is 1. The molecular formula is C15H23NO2. The summed E-state index contributed by atoms with van der Waals surface area (Å²) in [5.74, 6) is 0.525. The molecule has 3 heteroatoms. The quantitative estimate of drug-likeness (QED) is 0.812. The lowest BCUT2D eigenvalue weighted by molar-refractivity contribution is -0.121. The van der Waals surface area contributed by atoms with Gasteiger partial charge in [0.15, 0.2) is 0 Å². The Morgan fingerprint density at radius 3 is 2.33 bits per heavy atom. The van der Waals surface area contributed by atoms with Crippen molar-refractivity contribution in [2.75, 3.05) is 6.54 Å². The number of hydrogen-bond donors (Lipinski definition) is 2. The number of aliphatic hydroxyl groups is 1. The summed E-state index contributed by atoms with van der Waals surface area (Å²) in [5.41, 5.74) is 2.49. The first-order valence-corrected chi connectivity index (χ1v) is 6.52. The number of benzene rings is 1. The van der Waals surface area contributed by atoms with E-state index in [0.717, 1.165) is 6.42 Å². The standard InChI is InChI=1S/C15H23NO2/c1-11(2)14-7-4-13(5-8-14)6-9-15(18)16-10-12(3)17/h4-5,7-8,11-12,17H,6,9-10H2,1-3H3,(H,16,18). The van der Waals surface area contributed by atoms with Crippen molar-refractivity contribution < 1.29 is 9.90 Å². The van der Waals surface area contributed by atoms with Crippen molar-refractivity contribution in [1.82, 2.24) is 5.32 Å². The van der Waals surface area contributed by atoms with Crippen molar-refractivity contribution in [3.63, 3.8) is 0 Å². The fourth-order valence-electron chi connectivity index (χ4n) is 1.68. The molecule has 1 rings (SSSR count). The van der Waals surface area contributed by atoms with Gasteiger partial charge in [-0.15, -0.1) is 0 Å². The zero-order valence-corrected chi connectivity index (χ0v) is 11.4. The minimum absolute atomic E-state index is 0.0103. The highest BCUT2D eigenvalue weighted by Gasteiger charge is 2.04. The first-order chi connectivity index (χ1) is 8.49. The second-order valence-electron chi connectivity index (χ2n) is 5.05. The minimum Gasteiger partial charge on any atom is -0.392 e. The SMILES string of the molecule is CC(O)CNC(=O)CCc1ccc(C(C)C)cc1. The molecule has 0 saturated heterocycles. The molecule has 0 fully saturated rings. The van der Waals surface area contributed by atoms with Crippen LogP contribution in [0, 0.1) is 0 Å². The van der Waals surface area contributed by atoms with Crippen molar-refractivity contribution in [2.45, 2.75) is 45.6 Å². The van der Waals surface area contributed by atoms with E-state index in [1.165, 1.54) is 11.1 Å². The van der Waals surface area contributed by atoms with E-state index in [1.54, 1.807) is 6.92 Å². The lowest BCUT2D eigenvalue weighted by Gasteiger charge is -2.08. The molecule has 0 spiro atoms. The predicted octanol–water partition coefficient (Wildman–Crippen LogP) is 2.24. The molecule has 0 aliphatic carbocycles. The van der Waals surface area contributed by atoms with Crippen LogP contribution in [-0.4, -0.2) is 23.7 Å². The third-order valence-corrected chi connectivity index (χ3v) is 2.88. The maximum Gasteiger partial charge on any atom is 0.220 e. The number of rotatable bonds is 6. The molecule has 2 N–H and O–H groups in total. The van der Waals surface area contributed by atoms with E-state index in [0.29, 0.717) is 18.9 Å². The first-order valence-electron chi connectivity index (χ1n) is 6.52. The smallest absolute Gasteiger partial charge is 0.220 e. The van der Waals surface area contributed by atoms with E-state index in [9.17, 15) is 4.79 Å². The van der Waals surface area contributed by atoms with Crippen molar-refractivity contribution in [1.29, 1.82) is 0 Å². The van der Waals surface area contributed by atoms with Gasteiger partial charge in [0.2, 0.25) is 5.91 Å². The van der Waals surface area contributed by atoms with E-state index in [-0.39, 0.29) is 5.91 Å². The Morgan fingerprint density at radius 2 is 1.83 bits per heavy atom. The number of aryl methyl sites for hydroxylation is 1. The number of nitrogens with one attached hydrogen (secondary N) is 1. The second-order valence-corrected chi connectivity index (χ2v) is 5.05. The molecule has 0 saturated carbocycles. The summed E-state index contributed by atoms with van der Waals surface area (Å²) in [6.07, 6.45) is 0.719. The van der Waals surface area contributed by atoms with Gasteiger partial charge in [-0.2, -0.15) is 0 Å². The highest BCUT2D eigenvalue weighted by Crippen LogP contribution is 2.15. The third kappa shape index (κ3) is 5.32. The predicted molar refractivity (Wildman–Crippen MR) is 73.5 cm³/mol. The fourth-order valence-corrected chi connectivity index (χ4v) is 1.68. The van der Waals surface area contributed by atoms with Crippen molar-refractivity contribution in [3.05, 3.63) is 35.4 Å². The first kappa shape index (κ1) is 14.7. The molecule has 0 aromatic heterocycles. The van der Waals surface area contributed by atoms with E-state index in [1.807, 2.05) is 0 Å². The van der Waals surface area contributed by atoms with Crippen LogP contribution in [0.25, 0.3) is 0 Å². The van der Waals surface area contributed by atoms with Crippen LogP contribution >= 0.6 is 0 Å². The maximum atomic E-state index is 11.5. The van der Waals surface area contributed by atoms with Crippen LogP contribution < -0.4 is 5.32 Å². The van der Waals surface area contributed by atoms with E-state index in [2.05, 4.69) is 43.4 Å². The minimum atomic E-state index is -0.487. The Hall–Kier alpha value is -1.35. The molecule has 1 unspecified atom stereocenters. The number of hydrogen-bond acceptors (Lipinski definition) is 2. The highest BCUT2D eigenvalue weighted by molar-refractivity contribution is 5.76. The number of amides is 1. The van der Waals surface area contributed by atoms with Crippen molar-refractivity contribution >= 4 is 5.91 Å². The van der Waals surface area contributed by atoms with Gasteiger partial charge in [0.1, 0.15) is 0 Å². The molecule has 0 radical (unpaired) electrons. The van der Waals surface area contributed by atoms with E-state index in [4.69, 9.17) is 5.11 Å². The lowest BCUT2D eigenvalue weighted by Crippen LogP contribution is -2.30. The van der Waals surface area contributed by atoms with Crippen LogP contribution in [-0.2, 0) is 11.2 Å². The molecule has 1 aromatic carbocycles. The second kappa shape index (κ2) is 7.17. The summed E-state index contributed by atoms with van der Waals surface area (Å²) in [4.78, 5) is 11.5. The molecule has 0 heterocycles. The fraction of sp³-hybridized carbons (Fsp3) is 0.533. The molecule has 100 valence electrons. The Labute approximate surface area is 109 Å². The van der Waals surface area contributed by atoms with Crippen LogP contribution in [0.15, 0.2) is 24.3 Å². The summed E-state index contributed by atoms with van der Waals surface area (Å²) in [5, 5.41) is 11.7. The lowest BCUT2D eigenvalue weighted by atomic mass is 10.0. The molecule has 0 aliphatic heterocycles. The van der Waals surface area contributed by atoms with Gasteiger partial charge in [-0.05, 0) is 30.4 Å². The molecule has 0 aliphatic rings. The van der Waals surface area contributed by atoms with Crippen LogP contribution in [0.1, 0.15) is 44.2 Å². The van der Waals surface area contributed by atoms with E-state index >= 15 is 0 Å². The van der Waals surface area contributed by atoms with Crippen LogP contribution in [0.5, 0.6) is 0 Å². The summed E-state index contributed by atoms with van der Waals surface area (Å²) < 4.78 is 0. The van der Waals surface area contributed by atoms with Gasteiger partial charge < -0.3 is 10.4 Å².